The van der Waals surface area contributed by atoms with Crippen molar-refractivity contribution in [2.45, 2.75) is 26.3 Å². The van der Waals surface area contributed by atoms with Gasteiger partial charge in [-0.3, -0.25) is 0 Å². The molecule has 0 saturated heterocycles. The average molecular weight is 320 g/mol. The zero-order chi connectivity index (χ0) is 16.8. The van der Waals surface area contributed by atoms with Gasteiger partial charge in [-0.05, 0) is 13.3 Å². The summed E-state index contributed by atoms with van der Waals surface area (Å²) in [5.74, 6) is 2.15. The van der Waals surface area contributed by atoms with E-state index in [1.807, 2.05) is 6.92 Å². The number of nitrogens with zero attached hydrogens (tertiary/aromatic N) is 4. The quantitative estimate of drug-likeness (QED) is 0.487. The Labute approximate surface area is 135 Å². The molecule has 0 aliphatic carbocycles. The van der Waals surface area contributed by atoms with Crippen molar-refractivity contribution in [2.24, 2.45) is 0 Å². The van der Waals surface area contributed by atoms with Crippen molar-refractivity contribution >= 4 is 34.6 Å². The first-order chi connectivity index (χ1) is 11.1. The Morgan fingerprint density at radius 1 is 0.957 bits per heavy atom. The van der Waals surface area contributed by atoms with Crippen LogP contribution >= 0.6 is 0 Å². The second kappa shape index (κ2) is 7.73. The molecule has 126 valence electrons. The number of fused-ring (bicyclic) bond motifs is 1. The maximum absolute atomic E-state index is 9.29. The summed E-state index contributed by atoms with van der Waals surface area (Å²) in [6.07, 6.45) is 0.969. The van der Waals surface area contributed by atoms with Gasteiger partial charge in [0.15, 0.2) is 11.6 Å². The van der Waals surface area contributed by atoms with Gasteiger partial charge < -0.3 is 26.4 Å². The topological polar surface area (TPSA) is 120 Å². The van der Waals surface area contributed by atoms with E-state index in [1.54, 1.807) is 14.1 Å². The Morgan fingerprint density at radius 3 is 2.04 bits per heavy atom. The number of hydrogen-bond acceptors (Lipinski definition) is 9. The fourth-order valence-corrected chi connectivity index (χ4v) is 1.99. The highest BCUT2D eigenvalue weighted by Crippen LogP contribution is 2.27. The lowest BCUT2D eigenvalue weighted by Gasteiger charge is -2.16. The number of aromatic nitrogens is 4. The molecule has 0 bridgehead atoms. The van der Waals surface area contributed by atoms with E-state index in [1.165, 1.54) is 0 Å². The van der Waals surface area contributed by atoms with Crippen molar-refractivity contribution in [3.05, 3.63) is 0 Å². The fraction of sp³-hybridized carbons (Fsp3) is 0.571. The second-order valence-electron chi connectivity index (χ2n) is 5.14. The molecule has 9 nitrogen and oxygen atoms in total. The number of hydrogen-bond donors (Lipinski definition) is 5. The molecule has 0 aliphatic heterocycles. The first-order valence-electron chi connectivity index (χ1n) is 7.69. The highest BCUT2D eigenvalue weighted by molar-refractivity contribution is 5.94. The molecule has 0 aliphatic rings. The third kappa shape index (κ3) is 3.86. The molecule has 0 amide bonds. The zero-order valence-electron chi connectivity index (χ0n) is 13.9. The Hall–Kier alpha value is -2.42. The van der Waals surface area contributed by atoms with Crippen molar-refractivity contribution in [3.8, 4) is 0 Å². The van der Waals surface area contributed by atoms with Gasteiger partial charge in [-0.1, -0.05) is 6.92 Å². The number of nitrogens with one attached hydrogen (secondary N) is 4. The maximum atomic E-state index is 9.29. The third-order valence-electron chi connectivity index (χ3n) is 3.19. The van der Waals surface area contributed by atoms with Crippen LogP contribution in [-0.4, -0.2) is 58.3 Å². The molecule has 0 spiro atoms. The van der Waals surface area contributed by atoms with Crippen molar-refractivity contribution in [3.63, 3.8) is 0 Å². The van der Waals surface area contributed by atoms with Crippen LogP contribution in [0.1, 0.15) is 20.3 Å². The summed E-state index contributed by atoms with van der Waals surface area (Å²) >= 11 is 0. The van der Waals surface area contributed by atoms with Crippen molar-refractivity contribution in [1.29, 1.82) is 0 Å². The summed E-state index contributed by atoms with van der Waals surface area (Å²) in [6, 6.07) is -0.155. The third-order valence-corrected chi connectivity index (χ3v) is 3.19. The van der Waals surface area contributed by atoms with Crippen LogP contribution in [0.4, 0.5) is 23.5 Å². The number of aliphatic hydroxyl groups is 1. The molecule has 0 aromatic carbocycles. The van der Waals surface area contributed by atoms with Crippen LogP contribution in [0.2, 0.25) is 0 Å². The predicted octanol–water partition coefficient (Wildman–Crippen LogP) is 1.12. The van der Waals surface area contributed by atoms with Gasteiger partial charge in [-0.2, -0.15) is 9.97 Å². The molecule has 9 heteroatoms. The van der Waals surface area contributed by atoms with Crippen molar-refractivity contribution in [1.82, 2.24) is 19.9 Å². The van der Waals surface area contributed by atoms with Gasteiger partial charge in [0.25, 0.3) is 0 Å². The molecule has 2 aromatic rings. The molecular formula is C14H24N8O. The lowest BCUT2D eigenvalue weighted by atomic mass is 10.3. The Kier molecular flexibility index (Phi) is 5.69. The summed E-state index contributed by atoms with van der Waals surface area (Å²) < 4.78 is 0. The van der Waals surface area contributed by atoms with Crippen LogP contribution in [0.25, 0.3) is 11.0 Å². The fourth-order valence-electron chi connectivity index (χ4n) is 1.99. The first-order valence-corrected chi connectivity index (χ1v) is 7.69. The maximum Gasteiger partial charge on any atom is 0.225 e. The molecule has 0 radical (unpaired) electrons. The standard InChI is InChI=1S/C14H24N8O/c1-5-6-17-11-9-10(20-13(15-3)21-11)12(18-8(2)7-23)22-14(16-4)19-9/h8,23H,5-7H2,1-4H3,(H2,15,17,20,21)(H2,16,18,19,22)/t8-/m0/s1. The largest absolute Gasteiger partial charge is 0.394 e. The highest BCUT2D eigenvalue weighted by atomic mass is 16.3. The van der Waals surface area contributed by atoms with E-state index < -0.39 is 0 Å². The van der Waals surface area contributed by atoms with E-state index in [0.717, 1.165) is 13.0 Å². The monoisotopic (exact) mass is 320 g/mol. The van der Waals surface area contributed by atoms with Gasteiger partial charge in [-0.25, -0.2) is 9.97 Å². The SMILES string of the molecule is CCCNc1nc(NC)nc2c(N[C@@H](C)CO)nc(NC)nc12. The molecule has 2 heterocycles. The minimum Gasteiger partial charge on any atom is -0.394 e. The van der Waals surface area contributed by atoms with Gasteiger partial charge in [-0.15, -0.1) is 0 Å². The molecule has 23 heavy (non-hydrogen) atoms. The Balaban J connectivity index is 2.63. The van der Waals surface area contributed by atoms with Gasteiger partial charge in [0, 0.05) is 26.7 Å². The molecule has 1 atom stereocenters. The second-order valence-corrected chi connectivity index (χ2v) is 5.14. The highest BCUT2D eigenvalue weighted by Gasteiger charge is 2.16. The molecule has 5 N–H and O–H groups in total. The summed E-state index contributed by atoms with van der Waals surface area (Å²) in [6.45, 7) is 4.72. The smallest absolute Gasteiger partial charge is 0.225 e. The molecule has 0 saturated carbocycles. The minimum atomic E-state index is -0.155. The number of anilines is 4. The van der Waals surface area contributed by atoms with Crippen LogP contribution in [0.15, 0.2) is 0 Å². The Bertz CT molecular complexity index is 663. The van der Waals surface area contributed by atoms with Crippen LogP contribution in [0.5, 0.6) is 0 Å². The van der Waals surface area contributed by atoms with E-state index in [9.17, 15) is 5.11 Å². The number of aliphatic hydroxyl groups excluding tert-OH is 1. The summed E-state index contributed by atoms with van der Waals surface area (Å²) in [7, 11) is 3.51. The lowest BCUT2D eigenvalue weighted by Crippen LogP contribution is -2.21. The van der Waals surface area contributed by atoms with Gasteiger partial charge in [0.05, 0.1) is 6.61 Å². The van der Waals surface area contributed by atoms with E-state index in [0.29, 0.717) is 34.6 Å². The van der Waals surface area contributed by atoms with E-state index in [-0.39, 0.29) is 12.6 Å². The molecular weight excluding hydrogens is 296 g/mol. The van der Waals surface area contributed by atoms with E-state index >= 15 is 0 Å². The van der Waals surface area contributed by atoms with Crippen LogP contribution in [0.3, 0.4) is 0 Å². The normalized spacial score (nSPS) is 12.0. The van der Waals surface area contributed by atoms with Crippen LogP contribution < -0.4 is 21.3 Å². The average Bonchev–Trinajstić information content (AvgIpc) is 2.59. The van der Waals surface area contributed by atoms with Crippen molar-refractivity contribution < 1.29 is 5.11 Å². The summed E-state index contributed by atoms with van der Waals surface area (Å²) in [5.41, 5.74) is 1.23. The predicted molar refractivity (Wildman–Crippen MR) is 93.2 cm³/mol. The van der Waals surface area contributed by atoms with Gasteiger partial charge in [0.1, 0.15) is 11.0 Å². The van der Waals surface area contributed by atoms with Crippen LogP contribution in [-0.2, 0) is 0 Å². The van der Waals surface area contributed by atoms with Crippen LogP contribution in [0, 0.1) is 0 Å². The molecule has 0 unspecified atom stereocenters. The lowest BCUT2D eigenvalue weighted by molar-refractivity contribution is 0.281. The zero-order valence-corrected chi connectivity index (χ0v) is 13.9. The van der Waals surface area contributed by atoms with Gasteiger partial charge in [0.2, 0.25) is 11.9 Å². The van der Waals surface area contributed by atoms with Gasteiger partial charge >= 0.3 is 0 Å². The minimum absolute atomic E-state index is 0.00864. The summed E-state index contributed by atoms with van der Waals surface area (Å²) in [4.78, 5) is 17.8. The molecule has 0 fully saturated rings. The van der Waals surface area contributed by atoms with E-state index in [4.69, 9.17) is 0 Å². The van der Waals surface area contributed by atoms with Crippen molar-refractivity contribution in [2.75, 3.05) is 48.5 Å². The first kappa shape index (κ1) is 16.9. The molecule has 2 rings (SSSR count). The summed E-state index contributed by atoms with van der Waals surface area (Å²) in [5, 5.41) is 21.6. The van der Waals surface area contributed by atoms with E-state index in [2.05, 4.69) is 48.1 Å². The number of rotatable bonds is 8. The molecule has 2 aromatic heterocycles. The Morgan fingerprint density at radius 2 is 1.52 bits per heavy atom.